The van der Waals surface area contributed by atoms with Crippen molar-refractivity contribution in [2.75, 3.05) is 25.4 Å². The maximum absolute atomic E-state index is 5.68. The first-order valence-electron chi connectivity index (χ1n) is 6.84. The molecule has 1 aliphatic rings. The van der Waals surface area contributed by atoms with Crippen LogP contribution in [0.3, 0.4) is 0 Å². The Kier molecular flexibility index (Phi) is 4.43. The van der Waals surface area contributed by atoms with Gasteiger partial charge in [0.1, 0.15) is 0 Å². The number of benzene rings is 1. The lowest BCUT2D eigenvalue weighted by Crippen LogP contribution is -2.27. The Hall–Kier alpha value is -1.02. The number of hydrogen-bond donors (Lipinski definition) is 1. The van der Waals surface area contributed by atoms with E-state index >= 15 is 0 Å². The van der Waals surface area contributed by atoms with Crippen LogP contribution in [-0.2, 0) is 6.42 Å². The molecule has 0 spiro atoms. The van der Waals surface area contributed by atoms with Crippen LogP contribution in [0.2, 0.25) is 0 Å². The molecule has 0 saturated heterocycles. The van der Waals surface area contributed by atoms with Crippen molar-refractivity contribution in [1.29, 1.82) is 0 Å². The molecule has 1 aromatic carbocycles. The van der Waals surface area contributed by atoms with Gasteiger partial charge in [-0.1, -0.05) is 19.1 Å². The van der Waals surface area contributed by atoms with Crippen molar-refractivity contribution >= 4 is 5.69 Å². The molecule has 1 aliphatic carbocycles. The molecule has 0 heterocycles. The Morgan fingerprint density at radius 1 is 1.24 bits per heavy atom. The van der Waals surface area contributed by atoms with Crippen LogP contribution in [0, 0.1) is 5.92 Å². The molecule has 94 valence electrons. The molecular formula is C15H24N2. The minimum Gasteiger partial charge on any atom is -0.399 e. The molecule has 1 fully saturated rings. The SMILES string of the molecule is CCN(CCCc1ccc(N)cc1)CC1CC1. The van der Waals surface area contributed by atoms with E-state index in [9.17, 15) is 0 Å². The summed E-state index contributed by atoms with van der Waals surface area (Å²) in [6.07, 6.45) is 5.33. The van der Waals surface area contributed by atoms with Crippen molar-refractivity contribution in [3.63, 3.8) is 0 Å². The Labute approximate surface area is 105 Å². The number of anilines is 1. The van der Waals surface area contributed by atoms with Crippen molar-refractivity contribution in [2.24, 2.45) is 5.92 Å². The van der Waals surface area contributed by atoms with E-state index in [1.807, 2.05) is 12.1 Å². The molecule has 1 saturated carbocycles. The Morgan fingerprint density at radius 3 is 2.53 bits per heavy atom. The number of nitrogen functional groups attached to an aromatic ring is 1. The highest BCUT2D eigenvalue weighted by atomic mass is 15.1. The first-order valence-corrected chi connectivity index (χ1v) is 6.84. The lowest BCUT2D eigenvalue weighted by Gasteiger charge is -2.19. The zero-order chi connectivity index (χ0) is 12.1. The second-order valence-corrected chi connectivity index (χ2v) is 5.18. The molecule has 1 aromatic rings. The van der Waals surface area contributed by atoms with Crippen LogP contribution in [0.5, 0.6) is 0 Å². The molecule has 0 radical (unpaired) electrons. The molecule has 0 atom stereocenters. The monoisotopic (exact) mass is 232 g/mol. The molecule has 0 unspecified atom stereocenters. The summed E-state index contributed by atoms with van der Waals surface area (Å²) in [6, 6.07) is 8.28. The first-order chi connectivity index (χ1) is 8.28. The summed E-state index contributed by atoms with van der Waals surface area (Å²) in [5.41, 5.74) is 7.94. The van der Waals surface area contributed by atoms with Crippen LogP contribution in [0.1, 0.15) is 31.7 Å². The normalized spacial score (nSPS) is 15.4. The van der Waals surface area contributed by atoms with E-state index in [1.54, 1.807) is 0 Å². The van der Waals surface area contributed by atoms with Crippen molar-refractivity contribution in [1.82, 2.24) is 4.90 Å². The Bertz CT molecular complexity index is 327. The van der Waals surface area contributed by atoms with Gasteiger partial charge in [0, 0.05) is 12.2 Å². The molecular weight excluding hydrogens is 208 g/mol. The summed E-state index contributed by atoms with van der Waals surface area (Å²) in [7, 11) is 0. The van der Waals surface area contributed by atoms with Gasteiger partial charge in [0.25, 0.3) is 0 Å². The van der Waals surface area contributed by atoms with Crippen molar-refractivity contribution < 1.29 is 0 Å². The predicted octanol–water partition coefficient (Wildman–Crippen LogP) is 2.93. The van der Waals surface area contributed by atoms with Crippen molar-refractivity contribution in [3.05, 3.63) is 29.8 Å². The summed E-state index contributed by atoms with van der Waals surface area (Å²) in [5.74, 6) is 1.01. The quantitative estimate of drug-likeness (QED) is 0.732. The third-order valence-electron chi connectivity index (χ3n) is 3.58. The zero-order valence-electron chi connectivity index (χ0n) is 10.9. The second-order valence-electron chi connectivity index (χ2n) is 5.18. The summed E-state index contributed by atoms with van der Waals surface area (Å²) in [5, 5.41) is 0. The van der Waals surface area contributed by atoms with Gasteiger partial charge in [-0.2, -0.15) is 0 Å². The van der Waals surface area contributed by atoms with Gasteiger partial charge in [0.05, 0.1) is 0 Å². The fourth-order valence-corrected chi connectivity index (χ4v) is 2.24. The van der Waals surface area contributed by atoms with Gasteiger partial charge in [-0.05, 0) is 62.4 Å². The highest BCUT2D eigenvalue weighted by molar-refractivity contribution is 5.39. The van der Waals surface area contributed by atoms with Crippen LogP contribution < -0.4 is 5.73 Å². The first kappa shape index (κ1) is 12.4. The van der Waals surface area contributed by atoms with Gasteiger partial charge < -0.3 is 10.6 Å². The van der Waals surface area contributed by atoms with E-state index in [0.717, 1.165) is 11.6 Å². The average molecular weight is 232 g/mol. The third-order valence-corrected chi connectivity index (χ3v) is 3.58. The fraction of sp³-hybridized carbons (Fsp3) is 0.600. The lowest BCUT2D eigenvalue weighted by molar-refractivity contribution is 0.273. The largest absolute Gasteiger partial charge is 0.399 e. The Morgan fingerprint density at radius 2 is 1.94 bits per heavy atom. The highest BCUT2D eigenvalue weighted by Crippen LogP contribution is 2.29. The standard InChI is InChI=1S/C15H24N2/c1-2-17(12-14-5-6-14)11-3-4-13-7-9-15(16)10-8-13/h7-10,14H,2-6,11-12,16H2,1H3. The van der Waals surface area contributed by atoms with Crippen LogP contribution in [-0.4, -0.2) is 24.5 Å². The zero-order valence-corrected chi connectivity index (χ0v) is 10.9. The smallest absolute Gasteiger partial charge is 0.0314 e. The molecule has 2 rings (SSSR count). The van der Waals surface area contributed by atoms with Gasteiger partial charge in [0.2, 0.25) is 0 Å². The number of nitrogens with two attached hydrogens (primary N) is 1. The lowest BCUT2D eigenvalue weighted by atomic mass is 10.1. The van der Waals surface area contributed by atoms with Gasteiger partial charge >= 0.3 is 0 Å². The summed E-state index contributed by atoms with van der Waals surface area (Å²) >= 11 is 0. The maximum atomic E-state index is 5.68. The number of rotatable bonds is 7. The van der Waals surface area contributed by atoms with Crippen molar-refractivity contribution in [3.8, 4) is 0 Å². The van der Waals surface area contributed by atoms with E-state index in [0.29, 0.717) is 0 Å². The number of aryl methyl sites for hydroxylation is 1. The maximum Gasteiger partial charge on any atom is 0.0314 e. The van der Waals surface area contributed by atoms with E-state index in [2.05, 4.69) is 24.0 Å². The highest BCUT2D eigenvalue weighted by Gasteiger charge is 2.23. The second kappa shape index (κ2) is 6.06. The molecule has 0 bridgehead atoms. The van der Waals surface area contributed by atoms with Crippen molar-refractivity contribution in [2.45, 2.75) is 32.6 Å². The third kappa shape index (κ3) is 4.39. The molecule has 2 nitrogen and oxygen atoms in total. The molecule has 2 heteroatoms. The van der Waals surface area contributed by atoms with E-state index in [4.69, 9.17) is 5.73 Å². The fourth-order valence-electron chi connectivity index (χ4n) is 2.24. The molecule has 0 amide bonds. The molecule has 0 aliphatic heterocycles. The van der Waals surface area contributed by atoms with Gasteiger partial charge in [-0.25, -0.2) is 0 Å². The number of hydrogen-bond acceptors (Lipinski definition) is 2. The van der Waals surface area contributed by atoms with E-state index < -0.39 is 0 Å². The van der Waals surface area contributed by atoms with Crippen LogP contribution in [0.4, 0.5) is 5.69 Å². The average Bonchev–Trinajstić information content (AvgIpc) is 3.14. The molecule has 17 heavy (non-hydrogen) atoms. The minimum atomic E-state index is 0.859. The summed E-state index contributed by atoms with van der Waals surface area (Å²) in [4.78, 5) is 2.59. The van der Waals surface area contributed by atoms with Crippen LogP contribution in [0.25, 0.3) is 0 Å². The Balaban J connectivity index is 1.68. The van der Waals surface area contributed by atoms with Crippen LogP contribution >= 0.6 is 0 Å². The summed E-state index contributed by atoms with van der Waals surface area (Å²) < 4.78 is 0. The number of nitrogens with zero attached hydrogens (tertiary/aromatic N) is 1. The topological polar surface area (TPSA) is 29.3 Å². The summed E-state index contributed by atoms with van der Waals surface area (Å²) in [6.45, 7) is 6.01. The predicted molar refractivity (Wildman–Crippen MR) is 74.0 cm³/mol. The van der Waals surface area contributed by atoms with Crippen LogP contribution in [0.15, 0.2) is 24.3 Å². The van der Waals surface area contributed by atoms with E-state index in [-0.39, 0.29) is 0 Å². The van der Waals surface area contributed by atoms with Gasteiger partial charge in [0.15, 0.2) is 0 Å². The molecule has 2 N–H and O–H groups in total. The van der Waals surface area contributed by atoms with Gasteiger partial charge in [-0.3, -0.25) is 0 Å². The molecule has 0 aromatic heterocycles. The van der Waals surface area contributed by atoms with Gasteiger partial charge in [-0.15, -0.1) is 0 Å². The minimum absolute atomic E-state index is 0.859. The van der Waals surface area contributed by atoms with E-state index in [1.165, 1.54) is 50.9 Å².